The summed E-state index contributed by atoms with van der Waals surface area (Å²) in [6.07, 6.45) is 0.254. The number of carbonyl (C=O) groups excluding carboxylic acids is 1. The van der Waals surface area contributed by atoms with Crippen LogP contribution in [0.4, 0.5) is 0 Å². The summed E-state index contributed by atoms with van der Waals surface area (Å²) < 4.78 is 0. The molecule has 0 aliphatic rings. The molecule has 2 aromatic rings. The Hall–Kier alpha value is -2.66. The zero-order valence-corrected chi connectivity index (χ0v) is 11.4. The fourth-order valence-corrected chi connectivity index (χ4v) is 1.52. The van der Waals surface area contributed by atoms with Gasteiger partial charge in [-0.1, -0.05) is 66.7 Å². The molecular formula is C16H17NO4. The second-order valence-corrected chi connectivity index (χ2v) is 4.07. The van der Waals surface area contributed by atoms with Crippen molar-refractivity contribution in [1.82, 2.24) is 5.48 Å². The van der Waals surface area contributed by atoms with Crippen LogP contribution in [0.25, 0.3) is 0 Å². The first-order chi connectivity index (χ1) is 10.2. The van der Waals surface area contributed by atoms with Crippen molar-refractivity contribution in [2.45, 2.75) is 12.5 Å². The Labute approximate surface area is 123 Å². The molecule has 0 amide bonds. The highest BCUT2D eigenvalue weighted by Gasteiger charge is 2.17. The van der Waals surface area contributed by atoms with Crippen LogP contribution in [0, 0.1) is 0 Å². The lowest BCUT2D eigenvalue weighted by atomic mass is 10.1. The smallest absolute Gasteiger partial charge is 0.324 e. The fourth-order valence-electron chi connectivity index (χ4n) is 1.52. The Morgan fingerprint density at radius 3 is 1.95 bits per heavy atom. The molecule has 2 aromatic carbocycles. The van der Waals surface area contributed by atoms with E-state index in [9.17, 15) is 9.59 Å². The summed E-state index contributed by atoms with van der Waals surface area (Å²) >= 11 is 0. The van der Waals surface area contributed by atoms with Crippen LogP contribution in [0.15, 0.2) is 66.7 Å². The van der Waals surface area contributed by atoms with E-state index < -0.39 is 12.0 Å². The lowest BCUT2D eigenvalue weighted by Gasteiger charge is -2.11. The van der Waals surface area contributed by atoms with Gasteiger partial charge in [-0.2, -0.15) is 0 Å². The molecule has 0 radical (unpaired) electrons. The van der Waals surface area contributed by atoms with Gasteiger partial charge < -0.3 is 9.94 Å². The number of hydrogen-bond acceptors (Lipinski definition) is 4. The molecule has 2 rings (SSSR count). The molecule has 0 heterocycles. The van der Waals surface area contributed by atoms with Crippen molar-refractivity contribution >= 4 is 12.4 Å². The number of rotatable bonds is 6. The van der Waals surface area contributed by atoms with E-state index in [1.165, 1.54) is 0 Å². The zero-order valence-electron chi connectivity index (χ0n) is 11.4. The monoisotopic (exact) mass is 287 g/mol. The van der Waals surface area contributed by atoms with Crippen molar-refractivity contribution in [2.24, 2.45) is 0 Å². The summed E-state index contributed by atoms with van der Waals surface area (Å²) in [6.45, 7) is 0.154. The molecule has 5 nitrogen and oxygen atoms in total. The van der Waals surface area contributed by atoms with Gasteiger partial charge in [-0.05, 0) is 5.56 Å². The Morgan fingerprint density at radius 2 is 1.52 bits per heavy atom. The minimum atomic E-state index is -1.07. The predicted octanol–water partition coefficient (Wildman–Crippen LogP) is 2.05. The summed E-state index contributed by atoms with van der Waals surface area (Å²) in [7, 11) is 0. The molecule has 0 aromatic heterocycles. The van der Waals surface area contributed by atoms with Crippen LogP contribution < -0.4 is 5.48 Å². The molecule has 0 saturated carbocycles. The van der Waals surface area contributed by atoms with Crippen molar-refractivity contribution < 1.29 is 19.5 Å². The summed E-state index contributed by atoms with van der Waals surface area (Å²) in [4.78, 5) is 24.9. The molecule has 0 aliphatic carbocycles. The van der Waals surface area contributed by atoms with Crippen LogP contribution in [0.3, 0.4) is 0 Å². The normalized spacial score (nSPS) is 10.7. The van der Waals surface area contributed by atoms with E-state index >= 15 is 0 Å². The van der Waals surface area contributed by atoms with Gasteiger partial charge in [-0.25, -0.2) is 0 Å². The van der Waals surface area contributed by atoms with Crippen LogP contribution >= 0.6 is 0 Å². The van der Waals surface area contributed by atoms with E-state index in [-0.39, 0.29) is 12.9 Å². The molecule has 21 heavy (non-hydrogen) atoms. The van der Waals surface area contributed by atoms with Crippen molar-refractivity contribution in [2.75, 3.05) is 0 Å². The number of carbonyl (C=O) groups is 2. The molecule has 1 atom stereocenters. The van der Waals surface area contributed by atoms with E-state index in [1.54, 1.807) is 12.1 Å². The lowest BCUT2D eigenvalue weighted by molar-refractivity contribution is -0.148. The first-order valence-corrected chi connectivity index (χ1v) is 6.35. The number of nitrogens with one attached hydrogen (secondary N) is 1. The summed E-state index contributed by atoms with van der Waals surface area (Å²) in [5, 5.41) is 8.80. The van der Waals surface area contributed by atoms with Gasteiger partial charge in [0.15, 0.2) is 0 Å². The van der Waals surface area contributed by atoms with Crippen LogP contribution in [0.2, 0.25) is 0 Å². The number of carboxylic acid groups (broad SMARTS) is 1. The lowest BCUT2D eigenvalue weighted by Crippen LogP contribution is -2.38. The SMILES string of the molecule is O=CON[C@@H](Cc1ccccc1)C(=O)O.c1ccccc1. The fraction of sp³-hybridized carbons (Fsp3) is 0.125. The Morgan fingerprint density at radius 1 is 1.05 bits per heavy atom. The maximum atomic E-state index is 10.8. The van der Waals surface area contributed by atoms with Gasteiger partial charge in [0.25, 0.3) is 0 Å². The maximum Gasteiger partial charge on any atom is 0.324 e. The van der Waals surface area contributed by atoms with Crippen molar-refractivity contribution in [3.8, 4) is 0 Å². The highest BCUT2D eigenvalue weighted by atomic mass is 16.7. The summed E-state index contributed by atoms with van der Waals surface area (Å²) in [5.74, 6) is -1.07. The maximum absolute atomic E-state index is 10.8. The average Bonchev–Trinajstić information content (AvgIpc) is 2.54. The predicted molar refractivity (Wildman–Crippen MR) is 78.3 cm³/mol. The minimum Gasteiger partial charge on any atom is -0.480 e. The average molecular weight is 287 g/mol. The molecule has 5 heteroatoms. The van der Waals surface area contributed by atoms with Gasteiger partial charge in [0.05, 0.1) is 0 Å². The number of hydrogen-bond donors (Lipinski definition) is 2. The molecule has 2 N–H and O–H groups in total. The van der Waals surface area contributed by atoms with E-state index in [0.29, 0.717) is 0 Å². The molecule has 0 fully saturated rings. The van der Waals surface area contributed by atoms with Crippen LogP contribution in [0.5, 0.6) is 0 Å². The van der Waals surface area contributed by atoms with Crippen LogP contribution in [0.1, 0.15) is 5.56 Å². The van der Waals surface area contributed by atoms with E-state index in [1.807, 2.05) is 54.6 Å². The number of carboxylic acids is 1. The highest BCUT2D eigenvalue weighted by molar-refractivity contribution is 5.73. The zero-order chi connectivity index (χ0) is 15.3. The van der Waals surface area contributed by atoms with Gasteiger partial charge in [0.1, 0.15) is 6.04 Å². The number of aliphatic carboxylic acids is 1. The largest absolute Gasteiger partial charge is 0.480 e. The van der Waals surface area contributed by atoms with Gasteiger partial charge in [0, 0.05) is 6.42 Å². The van der Waals surface area contributed by atoms with E-state index in [0.717, 1.165) is 5.56 Å². The molecule has 110 valence electrons. The first-order valence-electron chi connectivity index (χ1n) is 6.35. The number of hydroxylamine groups is 1. The van der Waals surface area contributed by atoms with Gasteiger partial charge >= 0.3 is 12.4 Å². The third kappa shape index (κ3) is 7.49. The first kappa shape index (κ1) is 16.4. The summed E-state index contributed by atoms with van der Waals surface area (Å²) in [6, 6.07) is 20.1. The number of benzene rings is 2. The van der Waals surface area contributed by atoms with Gasteiger partial charge in [0.2, 0.25) is 0 Å². The van der Waals surface area contributed by atoms with Crippen molar-refractivity contribution in [1.29, 1.82) is 0 Å². The quantitative estimate of drug-likeness (QED) is 0.628. The van der Waals surface area contributed by atoms with Crippen molar-refractivity contribution in [3.05, 3.63) is 72.3 Å². The van der Waals surface area contributed by atoms with Gasteiger partial charge in [-0.3, -0.25) is 9.59 Å². The molecule has 0 aliphatic heterocycles. The third-order valence-corrected chi connectivity index (χ3v) is 2.51. The van der Waals surface area contributed by atoms with Gasteiger partial charge in [-0.15, -0.1) is 5.48 Å². The van der Waals surface area contributed by atoms with E-state index in [4.69, 9.17) is 5.11 Å². The third-order valence-electron chi connectivity index (χ3n) is 2.51. The Kier molecular flexibility index (Phi) is 7.94. The van der Waals surface area contributed by atoms with Crippen LogP contribution in [-0.4, -0.2) is 23.6 Å². The topological polar surface area (TPSA) is 75.6 Å². The Bertz CT molecular complexity index is 490. The minimum absolute atomic E-state index is 0.154. The molecule has 0 unspecified atom stereocenters. The van der Waals surface area contributed by atoms with Crippen molar-refractivity contribution in [3.63, 3.8) is 0 Å². The standard InChI is InChI=1S/C10H11NO4.C6H6/c12-7-15-11-9(10(13)14)6-8-4-2-1-3-5-8;1-2-4-6-5-3-1/h1-5,7,9,11H,6H2,(H,13,14);1-6H/t9-;/m0./s1. The molecule has 0 spiro atoms. The highest BCUT2D eigenvalue weighted by Crippen LogP contribution is 2.03. The van der Waals surface area contributed by atoms with E-state index in [2.05, 4.69) is 10.3 Å². The summed E-state index contributed by atoms with van der Waals surface area (Å²) in [5.41, 5.74) is 3.00. The Balaban J connectivity index is 0.000000304. The second kappa shape index (κ2) is 10.2. The second-order valence-electron chi connectivity index (χ2n) is 4.07. The molecule has 0 saturated heterocycles. The molecular weight excluding hydrogens is 270 g/mol. The van der Waals surface area contributed by atoms with Crippen LogP contribution in [-0.2, 0) is 20.8 Å². The molecule has 0 bridgehead atoms.